The smallest absolute Gasteiger partial charge is 0.325 e. The first kappa shape index (κ1) is 13.4. The number of urea groups is 1. The molecule has 8 heteroatoms. The van der Waals surface area contributed by atoms with E-state index in [9.17, 15) is 14.4 Å². The van der Waals surface area contributed by atoms with Gasteiger partial charge in [0.1, 0.15) is 6.54 Å². The zero-order valence-electron chi connectivity index (χ0n) is 9.39. The second-order valence-corrected chi connectivity index (χ2v) is 4.06. The number of hydrogen-bond acceptors (Lipinski definition) is 5. The summed E-state index contributed by atoms with van der Waals surface area (Å²) < 4.78 is 0. The maximum absolute atomic E-state index is 11.5. The molecule has 0 aromatic heterocycles. The molecule has 0 spiro atoms. The highest BCUT2D eigenvalue weighted by atomic mass is 16.3. The lowest BCUT2D eigenvalue weighted by molar-refractivity contribution is -0.132. The Morgan fingerprint density at radius 2 is 2.06 bits per heavy atom. The largest absolute Gasteiger partial charge is 0.394 e. The number of amides is 4. The molecule has 1 saturated heterocycles. The Hall–Kier alpha value is -1.67. The average Bonchev–Trinajstić information content (AvgIpc) is 2.60. The van der Waals surface area contributed by atoms with Crippen molar-refractivity contribution in [2.45, 2.75) is 12.5 Å². The van der Waals surface area contributed by atoms with Gasteiger partial charge in [0.25, 0.3) is 5.91 Å². The Labute approximate surface area is 97.6 Å². The molecular weight excluding hydrogens is 230 g/mol. The predicted octanol–water partition coefficient (Wildman–Crippen LogP) is -2.60. The van der Waals surface area contributed by atoms with Crippen molar-refractivity contribution in [2.24, 2.45) is 0 Å². The SMILES string of the molecule is CC(CO)(CO)NC(=O)CN1C(=O)CNC1=O. The fraction of sp³-hybridized carbons (Fsp3) is 0.667. The second kappa shape index (κ2) is 5.11. The third-order valence-corrected chi connectivity index (χ3v) is 2.38. The van der Waals surface area contributed by atoms with Crippen LogP contribution in [0.3, 0.4) is 0 Å². The molecule has 0 unspecified atom stereocenters. The minimum Gasteiger partial charge on any atom is -0.394 e. The number of nitrogens with one attached hydrogen (secondary N) is 2. The third kappa shape index (κ3) is 3.14. The zero-order valence-corrected chi connectivity index (χ0v) is 9.39. The normalized spacial score (nSPS) is 16.1. The Kier molecular flexibility index (Phi) is 4.02. The van der Waals surface area contributed by atoms with E-state index in [1.807, 2.05) is 0 Å². The summed E-state index contributed by atoms with van der Waals surface area (Å²) >= 11 is 0. The van der Waals surface area contributed by atoms with E-state index in [4.69, 9.17) is 10.2 Å². The van der Waals surface area contributed by atoms with Crippen molar-refractivity contribution >= 4 is 17.8 Å². The molecule has 1 fully saturated rings. The number of hydrogen-bond donors (Lipinski definition) is 4. The molecule has 0 radical (unpaired) electrons. The molecule has 4 N–H and O–H groups in total. The number of nitrogens with zero attached hydrogens (tertiary/aromatic N) is 1. The van der Waals surface area contributed by atoms with E-state index >= 15 is 0 Å². The first-order chi connectivity index (χ1) is 7.91. The Morgan fingerprint density at radius 3 is 2.47 bits per heavy atom. The van der Waals surface area contributed by atoms with E-state index in [1.165, 1.54) is 6.92 Å². The Bertz CT molecular complexity index is 324. The van der Waals surface area contributed by atoms with Gasteiger partial charge in [0.05, 0.1) is 25.3 Å². The topological polar surface area (TPSA) is 119 Å². The van der Waals surface area contributed by atoms with E-state index in [0.717, 1.165) is 4.90 Å². The van der Waals surface area contributed by atoms with Crippen molar-refractivity contribution in [2.75, 3.05) is 26.3 Å². The van der Waals surface area contributed by atoms with Crippen molar-refractivity contribution in [1.82, 2.24) is 15.5 Å². The summed E-state index contributed by atoms with van der Waals surface area (Å²) in [6, 6.07) is -0.625. The quantitative estimate of drug-likeness (QED) is 0.396. The van der Waals surface area contributed by atoms with Gasteiger partial charge in [-0.25, -0.2) is 4.79 Å². The third-order valence-electron chi connectivity index (χ3n) is 2.38. The molecule has 1 heterocycles. The van der Waals surface area contributed by atoms with Crippen molar-refractivity contribution in [3.63, 3.8) is 0 Å². The Balaban J connectivity index is 2.55. The number of carbonyl (C=O) groups is 3. The summed E-state index contributed by atoms with van der Waals surface area (Å²) in [5.74, 6) is -1.11. The van der Waals surface area contributed by atoms with E-state index in [2.05, 4.69) is 10.6 Å². The van der Waals surface area contributed by atoms with Crippen molar-refractivity contribution in [3.8, 4) is 0 Å². The number of imide groups is 1. The van der Waals surface area contributed by atoms with Crippen LogP contribution in [0.5, 0.6) is 0 Å². The molecule has 96 valence electrons. The summed E-state index contributed by atoms with van der Waals surface area (Å²) in [6.07, 6.45) is 0. The fourth-order valence-electron chi connectivity index (χ4n) is 1.26. The molecule has 17 heavy (non-hydrogen) atoms. The van der Waals surface area contributed by atoms with Crippen LogP contribution in [-0.4, -0.2) is 64.8 Å². The van der Waals surface area contributed by atoms with Crippen LogP contribution in [0, 0.1) is 0 Å². The maximum Gasteiger partial charge on any atom is 0.325 e. The van der Waals surface area contributed by atoms with Crippen LogP contribution in [0.25, 0.3) is 0 Å². The molecule has 0 aromatic rings. The maximum atomic E-state index is 11.5. The van der Waals surface area contributed by atoms with Crippen LogP contribution in [0.2, 0.25) is 0 Å². The minimum absolute atomic E-state index is 0.122. The molecule has 0 aliphatic carbocycles. The summed E-state index contributed by atoms with van der Waals surface area (Å²) in [6.45, 7) is -0.00875. The highest BCUT2D eigenvalue weighted by Crippen LogP contribution is 2.02. The van der Waals surface area contributed by atoms with Crippen LogP contribution in [0.4, 0.5) is 4.79 Å². The van der Waals surface area contributed by atoms with Crippen LogP contribution in [0.1, 0.15) is 6.92 Å². The monoisotopic (exact) mass is 245 g/mol. The van der Waals surface area contributed by atoms with Crippen LogP contribution >= 0.6 is 0 Å². The lowest BCUT2D eigenvalue weighted by Gasteiger charge is -2.26. The Morgan fingerprint density at radius 1 is 1.47 bits per heavy atom. The zero-order chi connectivity index (χ0) is 13.1. The minimum atomic E-state index is -1.17. The molecule has 0 bridgehead atoms. The highest BCUT2D eigenvalue weighted by Gasteiger charge is 2.32. The lowest BCUT2D eigenvalue weighted by atomic mass is 10.1. The van der Waals surface area contributed by atoms with Crippen LogP contribution in [-0.2, 0) is 9.59 Å². The molecule has 1 aliphatic rings. The van der Waals surface area contributed by atoms with Crippen molar-refractivity contribution in [3.05, 3.63) is 0 Å². The fourth-order valence-corrected chi connectivity index (χ4v) is 1.26. The standard InChI is InChI=1S/C9H15N3O5/c1-9(4-13,5-14)11-6(15)3-12-7(16)2-10-8(12)17/h13-14H,2-5H2,1H3,(H,10,17)(H,11,15). The van der Waals surface area contributed by atoms with Gasteiger partial charge in [-0.05, 0) is 6.92 Å². The second-order valence-electron chi connectivity index (χ2n) is 4.06. The molecule has 0 aromatic carbocycles. The van der Waals surface area contributed by atoms with E-state index in [1.54, 1.807) is 0 Å². The van der Waals surface area contributed by atoms with Crippen LogP contribution in [0.15, 0.2) is 0 Å². The number of aliphatic hydroxyl groups excluding tert-OH is 2. The summed E-state index contributed by atoms with van der Waals surface area (Å²) in [7, 11) is 0. The van der Waals surface area contributed by atoms with E-state index < -0.39 is 43.1 Å². The van der Waals surface area contributed by atoms with Gasteiger partial charge in [-0.15, -0.1) is 0 Å². The van der Waals surface area contributed by atoms with Gasteiger partial charge in [0, 0.05) is 0 Å². The first-order valence-corrected chi connectivity index (χ1v) is 5.03. The van der Waals surface area contributed by atoms with E-state index in [0.29, 0.717) is 0 Å². The lowest BCUT2D eigenvalue weighted by Crippen LogP contribution is -2.54. The van der Waals surface area contributed by atoms with Crippen molar-refractivity contribution in [1.29, 1.82) is 0 Å². The van der Waals surface area contributed by atoms with E-state index in [-0.39, 0.29) is 6.54 Å². The van der Waals surface area contributed by atoms with Gasteiger partial charge < -0.3 is 20.8 Å². The molecule has 0 saturated carbocycles. The van der Waals surface area contributed by atoms with Crippen molar-refractivity contribution < 1.29 is 24.6 Å². The first-order valence-electron chi connectivity index (χ1n) is 5.03. The van der Waals surface area contributed by atoms with Gasteiger partial charge in [-0.3, -0.25) is 14.5 Å². The number of aliphatic hydroxyl groups is 2. The van der Waals surface area contributed by atoms with Gasteiger partial charge >= 0.3 is 6.03 Å². The molecule has 8 nitrogen and oxygen atoms in total. The van der Waals surface area contributed by atoms with Gasteiger partial charge in [0.2, 0.25) is 5.91 Å². The van der Waals surface area contributed by atoms with Gasteiger partial charge in [-0.1, -0.05) is 0 Å². The summed E-state index contributed by atoms with van der Waals surface area (Å²) in [5, 5.41) is 22.6. The molecule has 4 amide bonds. The van der Waals surface area contributed by atoms with Gasteiger partial charge in [0.15, 0.2) is 0 Å². The van der Waals surface area contributed by atoms with Gasteiger partial charge in [-0.2, -0.15) is 0 Å². The molecular formula is C9H15N3O5. The average molecular weight is 245 g/mol. The summed E-state index contributed by atoms with van der Waals surface area (Å²) in [5.41, 5.74) is -1.17. The summed E-state index contributed by atoms with van der Waals surface area (Å²) in [4.78, 5) is 34.6. The molecule has 0 atom stereocenters. The predicted molar refractivity (Wildman–Crippen MR) is 55.8 cm³/mol. The molecule has 1 rings (SSSR count). The van der Waals surface area contributed by atoms with Crippen LogP contribution < -0.4 is 10.6 Å². The number of rotatable bonds is 5. The molecule has 1 aliphatic heterocycles. The highest BCUT2D eigenvalue weighted by molar-refractivity contribution is 6.04. The number of carbonyl (C=O) groups excluding carboxylic acids is 3.